The van der Waals surface area contributed by atoms with Crippen molar-refractivity contribution in [3.05, 3.63) is 95.4 Å². The van der Waals surface area contributed by atoms with Crippen LogP contribution in [0.4, 0.5) is 0 Å². The number of ether oxygens (including phenoxy) is 3. The van der Waals surface area contributed by atoms with Gasteiger partial charge in [0.1, 0.15) is 23.9 Å². The number of fused-ring (bicyclic) bond motifs is 2. The number of benzene rings is 3. The van der Waals surface area contributed by atoms with Gasteiger partial charge in [-0.25, -0.2) is 0 Å². The molecular formula is C27H23NO4. The molecule has 5 heteroatoms. The van der Waals surface area contributed by atoms with E-state index in [0.717, 1.165) is 34.3 Å². The van der Waals surface area contributed by atoms with Crippen molar-refractivity contribution in [3.63, 3.8) is 0 Å². The minimum atomic E-state index is -0.121. The standard InChI is InChI=1S/C27H23NO4/c1-3-28-16-19(21-9-5-6-10-23(21)28)14-26-27(29)22-13-12-20(15-25(22)32-26)31-17-18-8-4-7-11-24(18)30-2/h4-16H,3,17H2,1-2H3/b26-14+. The lowest BCUT2D eigenvalue weighted by Crippen LogP contribution is -1.99. The molecule has 5 rings (SSSR count). The average molecular weight is 425 g/mol. The van der Waals surface area contributed by atoms with E-state index in [-0.39, 0.29) is 5.78 Å². The van der Waals surface area contributed by atoms with Crippen LogP contribution in [0.25, 0.3) is 17.0 Å². The van der Waals surface area contributed by atoms with Crippen molar-refractivity contribution in [1.29, 1.82) is 0 Å². The first-order valence-corrected chi connectivity index (χ1v) is 10.6. The fourth-order valence-corrected chi connectivity index (χ4v) is 4.03. The summed E-state index contributed by atoms with van der Waals surface area (Å²) in [7, 11) is 1.64. The maximum atomic E-state index is 12.9. The van der Waals surface area contributed by atoms with Gasteiger partial charge in [0.15, 0.2) is 5.76 Å². The maximum Gasteiger partial charge on any atom is 0.231 e. The third-order valence-corrected chi connectivity index (χ3v) is 5.67. The molecular weight excluding hydrogens is 402 g/mol. The van der Waals surface area contributed by atoms with Crippen LogP contribution in [-0.4, -0.2) is 17.5 Å². The Hall–Kier alpha value is -3.99. The number of hydrogen-bond acceptors (Lipinski definition) is 4. The first-order valence-electron chi connectivity index (χ1n) is 10.6. The smallest absolute Gasteiger partial charge is 0.231 e. The SMILES string of the molecule is CCn1cc(/C=C2/Oc3cc(OCc4ccccc4OC)ccc3C2=O)c2ccccc21. The van der Waals surface area contributed by atoms with Crippen LogP contribution in [0.5, 0.6) is 17.2 Å². The van der Waals surface area contributed by atoms with Crippen molar-refractivity contribution in [3.8, 4) is 17.2 Å². The van der Waals surface area contributed by atoms with E-state index in [4.69, 9.17) is 14.2 Å². The average Bonchev–Trinajstić information content (AvgIpc) is 3.35. The Balaban J connectivity index is 1.40. The number of aryl methyl sites for hydroxylation is 1. The summed E-state index contributed by atoms with van der Waals surface area (Å²) in [5.74, 6) is 2.12. The summed E-state index contributed by atoms with van der Waals surface area (Å²) in [6.45, 7) is 3.31. The van der Waals surface area contributed by atoms with Crippen molar-refractivity contribution in [2.75, 3.05) is 7.11 Å². The molecule has 1 aromatic heterocycles. The molecule has 5 nitrogen and oxygen atoms in total. The zero-order chi connectivity index (χ0) is 22.1. The number of rotatable bonds is 6. The number of hydrogen-bond donors (Lipinski definition) is 0. The van der Waals surface area contributed by atoms with Crippen molar-refractivity contribution >= 4 is 22.8 Å². The number of allylic oxidation sites excluding steroid dienone is 1. The number of nitrogens with zero attached hydrogens (tertiary/aromatic N) is 1. The van der Waals surface area contributed by atoms with E-state index >= 15 is 0 Å². The molecule has 0 unspecified atom stereocenters. The second-order valence-corrected chi connectivity index (χ2v) is 7.59. The highest BCUT2D eigenvalue weighted by atomic mass is 16.5. The van der Waals surface area contributed by atoms with E-state index in [1.807, 2.05) is 42.5 Å². The Morgan fingerprint density at radius 1 is 1.03 bits per heavy atom. The summed E-state index contributed by atoms with van der Waals surface area (Å²) in [5, 5.41) is 1.09. The largest absolute Gasteiger partial charge is 0.496 e. The summed E-state index contributed by atoms with van der Waals surface area (Å²) >= 11 is 0. The molecule has 160 valence electrons. The van der Waals surface area contributed by atoms with Crippen LogP contribution in [0.2, 0.25) is 0 Å². The zero-order valence-corrected chi connectivity index (χ0v) is 18.0. The first-order chi connectivity index (χ1) is 15.7. The van der Waals surface area contributed by atoms with E-state index in [9.17, 15) is 4.79 Å². The monoisotopic (exact) mass is 425 g/mol. The van der Waals surface area contributed by atoms with Crippen LogP contribution in [0.15, 0.2) is 78.7 Å². The molecule has 0 saturated carbocycles. The molecule has 0 amide bonds. The Labute approximate surface area is 186 Å². The van der Waals surface area contributed by atoms with Gasteiger partial charge in [0, 0.05) is 40.8 Å². The normalized spacial score (nSPS) is 13.9. The van der Waals surface area contributed by atoms with E-state index in [2.05, 4.69) is 29.8 Å². The van der Waals surface area contributed by atoms with Crippen molar-refractivity contribution < 1.29 is 19.0 Å². The van der Waals surface area contributed by atoms with Gasteiger partial charge in [-0.2, -0.15) is 0 Å². The Morgan fingerprint density at radius 3 is 2.69 bits per heavy atom. The minimum absolute atomic E-state index is 0.121. The molecule has 1 aliphatic heterocycles. The number of aromatic nitrogens is 1. The summed E-state index contributed by atoms with van der Waals surface area (Å²) in [6.07, 6.45) is 3.88. The minimum Gasteiger partial charge on any atom is -0.496 e. The Kier molecular flexibility index (Phi) is 5.15. The van der Waals surface area contributed by atoms with Crippen molar-refractivity contribution in [2.45, 2.75) is 20.1 Å². The van der Waals surface area contributed by atoms with Crippen LogP contribution in [0, 0.1) is 0 Å². The molecule has 0 saturated heterocycles. The highest BCUT2D eigenvalue weighted by Crippen LogP contribution is 2.36. The van der Waals surface area contributed by atoms with Crippen LogP contribution < -0.4 is 14.2 Å². The third-order valence-electron chi connectivity index (χ3n) is 5.67. The molecule has 0 radical (unpaired) electrons. The van der Waals surface area contributed by atoms with E-state index in [1.165, 1.54) is 0 Å². The van der Waals surface area contributed by atoms with Gasteiger partial charge in [0.05, 0.1) is 12.7 Å². The number of Topliss-reactive ketones (excluding diaryl/α,β-unsaturated/α-hetero) is 1. The highest BCUT2D eigenvalue weighted by molar-refractivity contribution is 6.15. The predicted octanol–water partition coefficient (Wildman–Crippen LogP) is 5.87. The fourth-order valence-electron chi connectivity index (χ4n) is 4.03. The topological polar surface area (TPSA) is 49.7 Å². The molecule has 2 heterocycles. The van der Waals surface area contributed by atoms with Crippen molar-refractivity contribution in [2.24, 2.45) is 0 Å². The summed E-state index contributed by atoms with van der Waals surface area (Å²) in [5.41, 5.74) is 3.59. The molecule has 32 heavy (non-hydrogen) atoms. The van der Waals surface area contributed by atoms with E-state index < -0.39 is 0 Å². The molecule has 1 aliphatic rings. The number of carbonyl (C=O) groups excluding carboxylic acids is 1. The second-order valence-electron chi connectivity index (χ2n) is 7.59. The lowest BCUT2D eigenvalue weighted by Gasteiger charge is -2.10. The van der Waals surface area contributed by atoms with Gasteiger partial charge in [-0.05, 0) is 37.3 Å². The fraction of sp³-hybridized carbons (Fsp3) is 0.148. The van der Waals surface area contributed by atoms with Crippen molar-refractivity contribution in [1.82, 2.24) is 4.57 Å². The number of carbonyl (C=O) groups is 1. The van der Waals surface area contributed by atoms with Crippen LogP contribution >= 0.6 is 0 Å². The Bertz CT molecular complexity index is 1350. The molecule has 4 aromatic rings. The van der Waals surface area contributed by atoms with Gasteiger partial charge >= 0.3 is 0 Å². The van der Waals surface area contributed by atoms with Gasteiger partial charge in [-0.3, -0.25) is 4.79 Å². The quantitative estimate of drug-likeness (QED) is 0.363. The van der Waals surface area contributed by atoms with Crippen LogP contribution in [0.1, 0.15) is 28.4 Å². The molecule has 0 atom stereocenters. The first kappa shape index (κ1) is 19.9. The zero-order valence-electron chi connectivity index (χ0n) is 18.0. The van der Waals surface area contributed by atoms with Gasteiger partial charge in [-0.1, -0.05) is 36.4 Å². The maximum absolute atomic E-state index is 12.9. The van der Waals surface area contributed by atoms with E-state index in [0.29, 0.717) is 29.4 Å². The van der Waals surface area contributed by atoms with E-state index in [1.54, 1.807) is 25.3 Å². The van der Waals surface area contributed by atoms with Crippen LogP contribution in [0.3, 0.4) is 0 Å². The molecule has 0 fully saturated rings. The lowest BCUT2D eigenvalue weighted by molar-refractivity contribution is 0.101. The van der Waals surface area contributed by atoms with Crippen LogP contribution in [-0.2, 0) is 13.2 Å². The molecule has 3 aromatic carbocycles. The number of methoxy groups -OCH3 is 1. The summed E-state index contributed by atoms with van der Waals surface area (Å²) in [6, 6.07) is 21.2. The summed E-state index contributed by atoms with van der Waals surface area (Å²) in [4.78, 5) is 12.9. The van der Waals surface area contributed by atoms with Gasteiger partial charge in [0.2, 0.25) is 5.78 Å². The molecule has 0 aliphatic carbocycles. The van der Waals surface area contributed by atoms with Gasteiger partial charge in [-0.15, -0.1) is 0 Å². The number of ketones is 1. The second kappa shape index (κ2) is 8.27. The number of para-hydroxylation sites is 2. The molecule has 0 bridgehead atoms. The molecule has 0 N–H and O–H groups in total. The highest BCUT2D eigenvalue weighted by Gasteiger charge is 2.28. The lowest BCUT2D eigenvalue weighted by atomic mass is 10.1. The van der Waals surface area contributed by atoms with Gasteiger partial charge < -0.3 is 18.8 Å². The Morgan fingerprint density at radius 2 is 1.84 bits per heavy atom. The predicted molar refractivity (Wildman–Crippen MR) is 124 cm³/mol. The summed E-state index contributed by atoms with van der Waals surface area (Å²) < 4.78 is 19.4. The van der Waals surface area contributed by atoms with Gasteiger partial charge in [0.25, 0.3) is 0 Å². The molecule has 0 spiro atoms. The third kappa shape index (κ3) is 3.52.